The molecule has 1 heterocycles. The van der Waals surface area contributed by atoms with E-state index in [0.29, 0.717) is 18.4 Å². The van der Waals surface area contributed by atoms with E-state index in [1.165, 1.54) is 11.1 Å². The van der Waals surface area contributed by atoms with Gasteiger partial charge in [-0.15, -0.1) is 0 Å². The minimum Gasteiger partial charge on any atom is -0.369 e. The largest absolute Gasteiger partial charge is 0.369 e. The summed E-state index contributed by atoms with van der Waals surface area (Å²) in [5.41, 5.74) is 16.5. The lowest BCUT2D eigenvalue weighted by molar-refractivity contribution is 0.586. The second-order valence-corrected chi connectivity index (χ2v) is 7.71. The molecule has 152 valence electrons. The SMILES string of the molecule is C/C(=C\C1=CC(C)CC=C1)CN=CC(CCCCCCc1cnc(N)[nH]1)N=N. The maximum Gasteiger partial charge on any atom is 0.197 e. The number of unbranched alkanes of at least 4 members (excludes halogenated alkanes) is 3. The van der Waals surface area contributed by atoms with Gasteiger partial charge in [0.2, 0.25) is 0 Å². The van der Waals surface area contributed by atoms with Crippen LogP contribution in [0.1, 0.15) is 58.1 Å². The highest BCUT2D eigenvalue weighted by molar-refractivity contribution is 5.64. The van der Waals surface area contributed by atoms with Gasteiger partial charge in [0.25, 0.3) is 0 Å². The molecule has 0 aliphatic heterocycles. The van der Waals surface area contributed by atoms with E-state index in [4.69, 9.17) is 11.3 Å². The summed E-state index contributed by atoms with van der Waals surface area (Å²) >= 11 is 0. The molecule has 2 atom stereocenters. The standard InChI is InChI=1S/C22H34N6/c1-17-8-7-9-19(12-17)13-18(2)14-25-15-21(28-24)11-6-4-3-5-10-20-16-26-22(23)27-20/h7,9,12-13,15-17,21,24H,3-6,8,10-11,14H2,1-2H3,(H3,23,26,27)/b18-13+,25-15?,28-24?. The van der Waals surface area contributed by atoms with Gasteiger partial charge in [-0.05, 0) is 44.1 Å². The Labute approximate surface area is 168 Å². The quantitative estimate of drug-likeness (QED) is 0.255. The average Bonchev–Trinajstić information content (AvgIpc) is 3.08. The van der Waals surface area contributed by atoms with Gasteiger partial charge < -0.3 is 10.7 Å². The zero-order chi connectivity index (χ0) is 20.2. The van der Waals surface area contributed by atoms with Crippen molar-refractivity contribution in [3.8, 4) is 0 Å². The van der Waals surface area contributed by atoms with Gasteiger partial charge in [-0.25, -0.2) is 10.5 Å². The van der Waals surface area contributed by atoms with Gasteiger partial charge in [-0.3, -0.25) is 4.99 Å². The summed E-state index contributed by atoms with van der Waals surface area (Å²) < 4.78 is 0. The third kappa shape index (κ3) is 8.46. The number of aromatic nitrogens is 2. The summed E-state index contributed by atoms with van der Waals surface area (Å²) in [4.78, 5) is 11.6. The zero-order valence-electron chi connectivity index (χ0n) is 17.2. The Morgan fingerprint density at radius 1 is 1.39 bits per heavy atom. The molecule has 0 bridgehead atoms. The van der Waals surface area contributed by atoms with Gasteiger partial charge in [-0.2, -0.15) is 5.11 Å². The Hall–Kier alpha value is -2.50. The van der Waals surface area contributed by atoms with Crippen LogP contribution in [0.15, 0.2) is 51.8 Å². The van der Waals surface area contributed by atoms with Crippen LogP contribution in [0.4, 0.5) is 5.95 Å². The van der Waals surface area contributed by atoms with Crippen molar-refractivity contribution >= 4 is 12.2 Å². The molecule has 0 saturated heterocycles. The van der Waals surface area contributed by atoms with Crippen molar-refractivity contribution in [2.75, 3.05) is 12.3 Å². The normalized spacial score (nSPS) is 18.4. The van der Waals surface area contributed by atoms with E-state index in [1.807, 2.05) is 6.21 Å². The molecule has 0 spiro atoms. The molecule has 1 aromatic heterocycles. The molecule has 28 heavy (non-hydrogen) atoms. The van der Waals surface area contributed by atoms with E-state index < -0.39 is 0 Å². The van der Waals surface area contributed by atoms with Crippen molar-refractivity contribution in [2.24, 2.45) is 16.0 Å². The first-order valence-corrected chi connectivity index (χ1v) is 10.3. The van der Waals surface area contributed by atoms with Crippen LogP contribution in [0.25, 0.3) is 0 Å². The summed E-state index contributed by atoms with van der Waals surface area (Å²) in [6.07, 6.45) is 20.0. The molecule has 6 nitrogen and oxygen atoms in total. The molecule has 0 amide bonds. The number of aromatic amines is 1. The highest BCUT2D eigenvalue weighted by Gasteiger charge is 2.04. The van der Waals surface area contributed by atoms with Crippen molar-refractivity contribution in [1.82, 2.24) is 9.97 Å². The first-order valence-electron chi connectivity index (χ1n) is 10.3. The Morgan fingerprint density at radius 3 is 2.93 bits per heavy atom. The first-order chi connectivity index (χ1) is 13.6. The summed E-state index contributed by atoms with van der Waals surface area (Å²) in [6.45, 7) is 5.00. The Bertz CT molecular complexity index is 725. The number of hydrogen-bond donors (Lipinski definition) is 3. The number of H-pyrrole nitrogens is 1. The number of allylic oxidation sites excluding steroid dienone is 5. The van der Waals surface area contributed by atoms with Crippen LogP contribution in [0.5, 0.6) is 0 Å². The summed E-state index contributed by atoms with van der Waals surface area (Å²) in [6, 6.07) is -0.103. The average molecular weight is 383 g/mol. The van der Waals surface area contributed by atoms with Crippen LogP contribution in [0.2, 0.25) is 0 Å². The molecule has 4 N–H and O–H groups in total. The number of nitrogens with two attached hydrogens (primary N) is 1. The number of hydrogen-bond acceptors (Lipinski definition) is 5. The van der Waals surface area contributed by atoms with Gasteiger partial charge in [0.1, 0.15) is 6.04 Å². The van der Waals surface area contributed by atoms with Gasteiger partial charge >= 0.3 is 0 Å². The number of anilines is 1. The molecule has 0 radical (unpaired) electrons. The number of aryl methyl sites for hydroxylation is 1. The van der Waals surface area contributed by atoms with Crippen LogP contribution in [-0.2, 0) is 6.42 Å². The van der Waals surface area contributed by atoms with Crippen LogP contribution < -0.4 is 5.73 Å². The lowest BCUT2D eigenvalue weighted by atomic mass is 9.97. The molecule has 0 fully saturated rings. The van der Waals surface area contributed by atoms with Crippen molar-refractivity contribution in [1.29, 1.82) is 5.53 Å². The number of aliphatic imine (C=N–C) groups is 1. The Morgan fingerprint density at radius 2 is 2.21 bits per heavy atom. The fourth-order valence-corrected chi connectivity index (χ4v) is 3.31. The third-order valence-electron chi connectivity index (χ3n) is 4.84. The maximum atomic E-state index is 7.38. The molecule has 2 unspecified atom stereocenters. The summed E-state index contributed by atoms with van der Waals surface area (Å²) in [7, 11) is 0. The zero-order valence-corrected chi connectivity index (χ0v) is 17.2. The number of rotatable bonds is 12. The van der Waals surface area contributed by atoms with Gasteiger partial charge in [0, 0.05) is 11.9 Å². The van der Waals surface area contributed by atoms with Crippen LogP contribution in [0.3, 0.4) is 0 Å². The monoisotopic (exact) mass is 382 g/mol. The molecule has 1 aliphatic rings. The van der Waals surface area contributed by atoms with Crippen LogP contribution in [0, 0.1) is 11.4 Å². The first kappa shape index (κ1) is 21.8. The molecule has 2 rings (SSSR count). The third-order valence-corrected chi connectivity index (χ3v) is 4.84. The predicted molar refractivity (Wildman–Crippen MR) is 117 cm³/mol. The molecular formula is C22H34N6. The predicted octanol–water partition coefficient (Wildman–Crippen LogP) is 5.42. The molecule has 0 aromatic carbocycles. The number of nitrogens with one attached hydrogen (secondary N) is 2. The highest BCUT2D eigenvalue weighted by Crippen LogP contribution is 2.18. The van der Waals surface area contributed by atoms with Crippen LogP contribution in [-0.4, -0.2) is 28.8 Å². The molecule has 1 aromatic rings. The van der Waals surface area contributed by atoms with Gasteiger partial charge in [-0.1, -0.05) is 56.1 Å². The highest BCUT2D eigenvalue weighted by atomic mass is 15.0. The molecule has 1 aliphatic carbocycles. The smallest absolute Gasteiger partial charge is 0.197 e. The number of nitrogens with zero attached hydrogens (tertiary/aromatic N) is 3. The fourth-order valence-electron chi connectivity index (χ4n) is 3.31. The van der Waals surface area contributed by atoms with Gasteiger partial charge in [0.05, 0.1) is 12.7 Å². The van der Waals surface area contributed by atoms with Crippen molar-refractivity contribution in [2.45, 2.75) is 64.8 Å². The lowest BCUT2D eigenvalue weighted by Gasteiger charge is -2.10. The molecule has 0 saturated carbocycles. The minimum absolute atomic E-state index is 0.103. The second kappa shape index (κ2) is 12.1. The van der Waals surface area contributed by atoms with E-state index in [-0.39, 0.29) is 6.04 Å². The lowest BCUT2D eigenvalue weighted by Crippen LogP contribution is -2.06. The Kier molecular flexibility index (Phi) is 9.39. The number of nitrogen functional groups attached to an aromatic ring is 1. The van der Waals surface area contributed by atoms with E-state index >= 15 is 0 Å². The van der Waals surface area contributed by atoms with Crippen molar-refractivity contribution < 1.29 is 0 Å². The van der Waals surface area contributed by atoms with Crippen molar-refractivity contribution in [3.63, 3.8) is 0 Å². The van der Waals surface area contributed by atoms with E-state index in [9.17, 15) is 0 Å². The van der Waals surface area contributed by atoms with E-state index in [0.717, 1.165) is 50.6 Å². The van der Waals surface area contributed by atoms with E-state index in [1.54, 1.807) is 6.20 Å². The summed E-state index contributed by atoms with van der Waals surface area (Å²) in [5.74, 6) is 1.09. The number of imidazole rings is 1. The maximum absolute atomic E-state index is 7.38. The molecule has 6 heteroatoms. The van der Waals surface area contributed by atoms with Crippen LogP contribution >= 0.6 is 0 Å². The topological polar surface area (TPSA) is 103 Å². The fraction of sp³-hybridized carbons (Fsp3) is 0.545. The second-order valence-electron chi connectivity index (χ2n) is 7.71. The van der Waals surface area contributed by atoms with Gasteiger partial charge in [0.15, 0.2) is 5.95 Å². The summed E-state index contributed by atoms with van der Waals surface area (Å²) in [5, 5.41) is 3.71. The minimum atomic E-state index is -0.103. The van der Waals surface area contributed by atoms with E-state index in [2.05, 4.69) is 58.2 Å². The molecular weight excluding hydrogens is 348 g/mol. The Balaban J connectivity index is 1.61. The van der Waals surface area contributed by atoms with Crippen molar-refractivity contribution in [3.05, 3.63) is 47.3 Å².